The Kier molecular flexibility index (Phi) is 6.57. The molecule has 0 radical (unpaired) electrons. The van der Waals surface area contributed by atoms with E-state index in [0.717, 1.165) is 19.4 Å². The van der Waals surface area contributed by atoms with Gasteiger partial charge in [0.2, 0.25) is 0 Å². The van der Waals surface area contributed by atoms with Gasteiger partial charge in [0, 0.05) is 13.2 Å². The fraction of sp³-hybridized carbons (Fsp3) is 1.00. The highest BCUT2D eigenvalue weighted by atomic mass is 16.5. The number of rotatable bonds is 6. The normalized spacial score (nSPS) is 13.9. The molecule has 0 aliphatic heterocycles. The predicted molar refractivity (Wildman–Crippen MR) is 46.6 cm³/mol. The Morgan fingerprint density at radius 1 is 1.18 bits per heavy atom. The summed E-state index contributed by atoms with van der Waals surface area (Å²) in [5.41, 5.74) is 0. The lowest BCUT2D eigenvalue weighted by atomic mass is 10.1. The van der Waals surface area contributed by atoms with E-state index >= 15 is 0 Å². The SMILES string of the molecule is CC(C)[C@@H](C)OCCCCO. The van der Waals surface area contributed by atoms with E-state index in [0.29, 0.717) is 12.0 Å². The molecule has 2 heteroatoms. The van der Waals surface area contributed by atoms with Gasteiger partial charge in [0.1, 0.15) is 0 Å². The standard InChI is InChI=1S/C9H20O2/c1-8(2)9(3)11-7-5-4-6-10/h8-10H,4-7H2,1-3H3/t9-/m1/s1. The molecule has 0 amide bonds. The summed E-state index contributed by atoms with van der Waals surface area (Å²) >= 11 is 0. The first-order valence-electron chi connectivity index (χ1n) is 4.41. The highest BCUT2D eigenvalue weighted by molar-refractivity contribution is 4.54. The summed E-state index contributed by atoms with van der Waals surface area (Å²) in [5, 5.41) is 8.49. The lowest BCUT2D eigenvalue weighted by molar-refractivity contribution is 0.0317. The Balaban J connectivity index is 3.10. The minimum absolute atomic E-state index is 0.277. The summed E-state index contributed by atoms with van der Waals surface area (Å²) in [7, 11) is 0. The molecule has 0 bridgehead atoms. The molecule has 68 valence electrons. The van der Waals surface area contributed by atoms with Gasteiger partial charge in [-0.15, -0.1) is 0 Å². The first-order chi connectivity index (χ1) is 5.18. The van der Waals surface area contributed by atoms with Gasteiger partial charge >= 0.3 is 0 Å². The van der Waals surface area contributed by atoms with Crippen LogP contribution in [0.4, 0.5) is 0 Å². The zero-order valence-electron chi connectivity index (χ0n) is 7.84. The van der Waals surface area contributed by atoms with Gasteiger partial charge in [-0.3, -0.25) is 0 Å². The van der Waals surface area contributed by atoms with E-state index < -0.39 is 0 Å². The minimum Gasteiger partial charge on any atom is -0.396 e. The Labute approximate surface area is 69.6 Å². The van der Waals surface area contributed by atoms with Crippen LogP contribution in [0.1, 0.15) is 33.6 Å². The summed E-state index contributed by atoms with van der Waals surface area (Å²) in [6.07, 6.45) is 2.16. The van der Waals surface area contributed by atoms with Crippen LogP contribution in [0.3, 0.4) is 0 Å². The van der Waals surface area contributed by atoms with Gasteiger partial charge in [-0.2, -0.15) is 0 Å². The van der Waals surface area contributed by atoms with E-state index in [1.807, 2.05) is 0 Å². The highest BCUT2D eigenvalue weighted by Crippen LogP contribution is 2.05. The van der Waals surface area contributed by atoms with Crippen LogP contribution in [0.15, 0.2) is 0 Å². The molecule has 0 aromatic carbocycles. The van der Waals surface area contributed by atoms with Crippen LogP contribution in [0.25, 0.3) is 0 Å². The molecule has 0 rings (SSSR count). The van der Waals surface area contributed by atoms with Crippen LogP contribution >= 0.6 is 0 Å². The number of hydrogen-bond acceptors (Lipinski definition) is 2. The Bertz CT molecular complexity index is 81.6. The molecule has 1 N–H and O–H groups in total. The molecule has 0 aromatic heterocycles. The van der Waals surface area contributed by atoms with E-state index in [1.165, 1.54) is 0 Å². The number of ether oxygens (including phenoxy) is 1. The van der Waals surface area contributed by atoms with Crippen LogP contribution < -0.4 is 0 Å². The van der Waals surface area contributed by atoms with Crippen molar-refractivity contribution in [2.24, 2.45) is 5.92 Å². The van der Waals surface area contributed by atoms with Crippen molar-refractivity contribution in [3.05, 3.63) is 0 Å². The Morgan fingerprint density at radius 3 is 2.27 bits per heavy atom. The summed E-state index contributed by atoms with van der Waals surface area (Å²) in [6.45, 7) is 7.44. The number of aliphatic hydroxyl groups is 1. The summed E-state index contributed by atoms with van der Waals surface area (Å²) in [5.74, 6) is 0.587. The fourth-order valence-corrected chi connectivity index (χ4v) is 0.676. The van der Waals surface area contributed by atoms with Gasteiger partial charge in [-0.1, -0.05) is 13.8 Å². The highest BCUT2D eigenvalue weighted by Gasteiger charge is 2.05. The molecule has 0 saturated heterocycles. The molecular weight excluding hydrogens is 140 g/mol. The third-order valence-corrected chi connectivity index (χ3v) is 1.87. The first-order valence-corrected chi connectivity index (χ1v) is 4.41. The fourth-order valence-electron chi connectivity index (χ4n) is 0.676. The third kappa shape index (κ3) is 6.32. The molecule has 0 aliphatic rings. The molecule has 0 aromatic rings. The van der Waals surface area contributed by atoms with Gasteiger partial charge in [-0.05, 0) is 25.7 Å². The largest absolute Gasteiger partial charge is 0.396 e. The second-order valence-corrected chi connectivity index (χ2v) is 3.25. The molecular formula is C9H20O2. The van der Waals surface area contributed by atoms with Crippen molar-refractivity contribution in [1.82, 2.24) is 0 Å². The number of unbranched alkanes of at least 4 members (excludes halogenated alkanes) is 1. The predicted octanol–water partition coefficient (Wildman–Crippen LogP) is 1.82. The Hall–Kier alpha value is -0.0800. The molecule has 2 nitrogen and oxygen atoms in total. The molecule has 0 fully saturated rings. The van der Waals surface area contributed by atoms with Crippen molar-refractivity contribution in [2.75, 3.05) is 13.2 Å². The van der Waals surface area contributed by atoms with E-state index in [2.05, 4.69) is 20.8 Å². The van der Waals surface area contributed by atoms with Crippen molar-refractivity contribution in [3.8, 4) is 0 Å². The lowest BCUT2D eigenvalue weighted by Gasteiger charge is -2.15. The summed E-state index contributed by atoms with van der Waals surface area (Å²) in [4.78, 5) is 0. The van der Waals surface area contributed by atoms with Crippen LogP contribution in [0, 0.1) is 5.92 Å². The van der Waals surface area contributed by atoms with Crippen molar-refractivity contribution in [1.29, 1.82) is 0 Å². The maximum Gasteiger partial charge on any atom is 0.0569 e. The van der Waals surface area contributed by atoms with Gasteiger partial charge in [0.05, 0.1) is 6.10 Å². The summed E-state index contributed by atoms with van der Waals surface area (Å²) < 4.78 is 5.49. The second-order valence-electron chi connectivity index (χ2n) is 3.25. The number of aliphatic hydroxyl groups excluding tert-OH is 1. The lowest BCUT2D eigenvalue weighted by Crippen LogP contribution is -2.16. The van der Waals surface area contributed by atoms with Crippen molar-refractivity contribution < 1.29 is 9.84 Å². The van der Waals surface area contributed by atoms with Crippen LogP contribution in [0.5, 0.6) is 0 Å². The summed E-state index contributed by atoms with van der Waals surface area (Å²) in [6, 6.07) is 0. The maximum absolute atomic E-state index is 8.49. The zero-order chi connectivity index (χ0) is 8.69. The smallest absolute Gasteiger partial charge is 0.0569 e. The first kappa shape index (κ1) is 10.9. The van der Waals surface area contributed by atoms with E-state index in [1.54, 1.807) is 0 Å². The van der Waals surface area contributed by atoms with E-state index in [4.69, 9.17) is 9.84 Å². The third-order valence-electron chi connectivity index (χ3n) is 1.87. The zero-order valence-corrected chi connectivity index (χ0v) is 7.84. The van der Waals surface area contributed by atoms with Crippen LogP contribution in [0.2, 0.25) is 0 Å². The molecule has 0 heterocycles. The quantitative estimate of drug-likeness (QED) is 0.600. The average molecular weight is 160 g/mol. The van der Waals surface area contributed by atoms with Gasteiger partial charge < -0.3 is 9.84 Å². The molecule has 11 heavy (non-hydrogen) atoms. The molecule has 0 saturated carbocycles. The Morgan fingerprint density at radius 2 is 1.82 bits per heavy atom. The van der Waals surface area contributed by atoms with Crippen molar-refractivity contribution in [2.45, 2.75) is 39.7 Å². The molecule has 0 aliphatic carbocycles. The van der Waals surface area contributed by atoms with Crippen LogP contribution in [-0.2, 0) is 4.74 Å². The average Bonchev–Trinajstić information content (AvgIpc) is 1.97. The topological polar surface area (TPSA) is 29.5 Å². The second kappa shape index (κ2) is 6.62. The van der Waals surface area contributed by atoms with Crippen molar-refractivity contribution in [3.63, 3.8) is 0 Å². The maximum atomic E-state index is 8.49. The minimum atomic E-state index is 0.277. The van der Waals surface area contributed by atoms with E-state index in [9.17, 15) is 0 Å². The molecule has 0 unspecified atom stereocenters. The van der Waals surface area contributed by atoms with Crippen LogP contribution in [-0.4, -0.2) is 24.4 Å². The van der Waals surface area contributed by atoms with E-state index in [-0.39, 0.29) is 6.61 Å². The monoisotopic (exact) mass is 160 g/mol. The van der Waals surface area contributed by atoms with Gasteiger partial charge in [-0.25, -0.2) is 0 Å². The molecule has 0 spiro atoms. The number of hydrogen-bond donors (Lipinski definition) is 1. The van der Waals surface area contributed by atoms with Gasteiger partial charge in [0.25, 0.3) is 0 Å². The van der Waals surface area contributed by atoms with Gasteiger partial charge in [0.15, 0.2) is 0 Å². The molecule has 1 atom stereocenters. The van der Waals surface area contributed by atoms with Crippen molar-refractivity contribution >= 4 is 0 Å².